The molecule has 1 aliphatic heterocycles. The number of likely N-dealkylation sites (tertiary alicyclic amines) is 1. The van der Waals surface area contributed by atoms with Crippen LogP contribution in [-0.4, -0.2) is 52.4 Å². The van der Waals surface area contributed by atoms with Crippen LogP contribution >= 0.6 is 0 Å². The quantitative estimate of drug-likeness (QED) is 0.481. The molecule has 3 heterocycles. The van der Waals surface area contributed by atoms with Crippen LogP contribution in [0.3, 0.4) is 0 Å². The van der Waals surface area contributed by atoms with Crippen molar-refractivity contribution in [2.24, 2.45) is 5.41 Å². The molecule has 2 aliphatic rings. The van der Waals surface area contributed by atoms with Crippen LogP contribution in [0, 0.1) is 5.41 Å². The SMILES string of the molecule is C=C(c1cccc(OC(F)(F)F)c1)N1CCC2(CCC(N(C)c3ncnc4[nH]ccc34)CC2)CC1. The first-order chi connectivity index (χ1) is 16.7. The van der Waals surface area contributed by atoms with Crippen molar-refractivity contribution in [2.75, 3.05) is 25.0 Å². The van der Waals surface area contributed by atoms with Gasteiger partial charge in [0.15, 0.2) is 0 Å². The van der Waals surface area contributed by atoms with Crippen LogP contribution < -0.4 is 9.64 Å². The van der Waals surface area contributed by atoms with Crippen LogP contribution in [0.5, 0.6) is 5.75 Å². The van der Waals surface area contributed by atoms with Gasteiger partial charge in [-0.05, 0) is 62.1 Å². The van der Waals surface area contributed by atoms with E-state index in [0.29, 0.717) is 17.0 Å². The maximum Gasteiger partial charge on any atom is 0.573 e. The van der Waals surface area contributed by atoms with Crippen LogP contribution in [0.2, 0.25) is 0 Å². The molecule has 1 saturated carbocycles. The van der Waals surface area contributed by atoms with Gasteiger partial charge in [-0.1, -0.05) is 18.7 Å². The Balaban J connectivity index is 1.18. The van der Waals surface area contributed by atoms with E-state index in [1.165, 1.54) is 25.0 Å². The van der Waals surface area contributed by atoms with Gasteiger partial charge in [-0.25, -0.2) is 9.97 Å². The number of anilines is 1. The van der Waals surface area contributed by atoms with E-state index < -0.39 is 6.36 Å². The standard InChI is InChI=1S/C26H30F3N5O/c1-18(19-4-3-5-21(16-19)35-26(27,28)29)34-14-11-25(12-15-34)9-6-20(7-10-25)33(2)24-22-8-13-30-23(22)31-17-32-24/h3-5,8,13,16-17,20H,1,6-7,9-12,14-15H2,2H3,(H,30,31,32). The summed E-state index contributed by atoms with van der Waals surface area (Å²) >= 11 is 0. The molecule has 186 valence electrons. The van der Waals surface area contributed by atoms with Crippen molar-refractivity contribution >= 4 is 22.5 Å². The number of fused-ring (bicyclic) bond motifs is 1. The second-order valence-electron chi connectivity index (χ2n) is 9.79. The molecular formula is C26H30F3N5O. The number of aromatic nitrogens is 3. The fourth-order valence-corrected chi connectivity index (χ4v) is 5.72. The number of hydrogen-bond acceptors (Lipinski definition) is 5. The predicted molar refractivity (Wildman–Crippen MR) is 130 cm³/mol. The summed E-state index contributed by atoms with van der Waals surface area (Å²) in [7, 11) is 2.13. The minimum atomic E-state index is -4.70. The van der Waals surface area contributed by atoms with Gasteiger partial charge < -0.3 is 19.5 Å². The first kappa shape index (κ1) is 23.5. The second-order valence-corrected chi connectivity index (χ2v) is 9.79. The van der Waals surface area contributed by atoms with Crippen molar-refractivity contribution in [3.63, 3.8) is 0 Å². The van der Waals surface area contributed by atoms with Crippen molar-refractivity contribution in [3.05, 3.63) is 55.0 Å². The Hall–Kier alpha value is -3.23. The number of aromatic amines is 1. The van der Waals surface area contributed by atoms with Crippen LogP contribution in [0.4, 0.5) is 19.0 Å². The molecule has 0 atom stereocenters. The molecule has 1 saturated heterocycles. The molecule has 1 aliphatic carbocycles. The number of benzene rings is 1. The first-order valence-corrected chi connectivity index (χ1v) is 12.0. The van der Waals surface area contributed by atoms with Crippen molar-refractivity contribution in [2.45, 2.75) is 50.9 Å². The Labute approximate surface area is 202 Å². The molecule has 2 aromatic heterocycles. The Morgan fingerprint density at radius 2 is 1.89 bits per heavy atom. The van der Waals surface area contributed by atoms with E-state index in [1.807, 2.05) is 12.3 Å². The number of nitrogens with zero attached hydrogens (tertiary/aromatic N) is 4. The maximum atomic E-state index is 12.6. The first-order valence-electron chi connectivity index (χ1n) is 12.0. The van der Waals surface area contributed by atoms with Crippen LogP contribution in [0.1, 0.15) is 44.1 Å². The van der Waals surface area contributed by atoms with Crippen molar-refractivity contribution in [1.82, 2.24) is 19.9 Å². The molecule has 6 nitrogen and oxygen atoms in total. The van der Waals surface area contributed by atoms with Crippen LogP contribution in [0.25, 0.3) is 16.7 Å². The Kier molecular flexibility index (Phi) is 6.11. The largest absolute Gasteiger partial charge is 0.573 e. The van der Waals surface area contributed by atoms with E-state index in [0.717, 1.165) is 61.3 Å². The van der Waals surface area contributed by atoms with E-state index in [9.17, 15) is 13.2 Å². The molecule has 0 unspecified atom stereocenters. The number of halogens is 3. The van der Waals surface area contributed by atoms with Gasteiger partial charge >= 0.3 is 6.36 Å². The lowest BCUT2D eigenvalue weighted by molar-refractivity contribution is -0.274. The van der Waals surface area contributed by atoms with E-state index in [-0.39, 0.29) is 5.75 Å². The summed E-state index contributed by atoms with van der Waals surface area (Å²) in [4.78, 5) is 16.5. The second kappa shape index (κ2) is 9.09. The Morgan fingerprint density at radius 3 is 2.60 bits per heavy atom. The van der Waals surface area contributed by atoms with E-state index in [1.54, 1.807) is 18.5 Å². The lowest BCUT2D eigenvalue weighted by Crippen LogP contribution is -2.44. The average Bonchev–Trinajstić information content (AvgIpc) is 3.32. The van der Waals surface area contributed by atoms with Gasteiger partial charge in [0.25, 0.3) is 0 Å². The molecule has 0 radical (unpaired) electrons. The number of hydrogen-bond donors (Lipinski definition) is 1. The molecule has 1 N–H and O–H groups in total. The average molecular weight is 486 g/mol. The monoisotopic (exact) mass is 485 g/mol. The van der Waals surface area contributed by atoms with E-state index in [4.69, 9.17) is 0 Å². The van der Waals surface area contributed by atoms with Crippen molar-refractivity contribution in [1.29, 1.82) is 0 Å². The third-order valence-corrected chi connectivity index (χ3v) is 7.84. The predicted octanol–water partition coefficient (Wildman–Crippen LogP) is 5.99. The number of rotatable bonds is 5. The van der Waals surface area contributed by atoms with Crippen molar-refractivity contribution in [3.8, 4) is 5.75 Å². The molecular weight excluding hydrogens is 455 g/mol. The molecule has 5 rings (SSSR count). The molecule has 2 fully saturated rings. The summed E-state index contributed by atoms with van der Waals surface area (Å²) < 4.78 is 41.9. The summed E-state index contributed by atoms with van der Waals surface area (Å²) in [5.74, 6) is 0.757. The van der Waals surface area contributed by atoms with Gasteiger partial charge in [-0.3, -0.25) is 0 Å². The van der Waals surface area contributed by atoms with Gasteiger partial charge in [-0.15, -0.1) is 13.2 Å². The van der Waals surface area contributed by atoms with Gasteiger partial charge in [0.2, 0.25) is 0 Å². The summed E-state index contributed by atoms with van der Waals surface area (Å²) in [6.45, 7) is 5.90. The molecule has 1 spiro atoms. The summed E-state index contributed by atoms with van der Waals surface area (Å²) in [5, 5.41) is 1.05. The smallest absolute Gasteiger partial charge is 0.406 e. The molecule has 0 amide bonds. The zero-order valence-corrected chi connectivity index (χ0v) is 19.8. The number of H-pyrrole nitrogens is 1. The summed E-state index contributed by atoms with van der Waals surface area (Å²) in [6.07, 6.45) is 5.50. The zero-order valence-electron chi connectivity index (χ0n) is 19.8. The summed E-state index contributed by atoms with van der Waals surface area (Å²) in [5.41, 5.74) is 2.59. The van der Waals surface area contributed by atoms with Gasteiger partial charge in [-0.2, -0.15) is 0 Å². The lowest BCUT2D eigenvalue weighted by atomic mass is 9.66. The Bertz CT molecular complexity index is 1190. The molecule has 1 aromatic carbocycles. The van der Waals surface area contributed by atoms with Crippen LogP contribution in [0.15, 0.2) is 49.4 Å². The topological polar surface area (TPSA) is 57.3 Å². The van der Waals surface area contributed by atoms with Gasteiger partial charge in [0, 0.05) is 43.6 Å². The fourth-order valence-electron chi connectivity index (χ4n) is 5.72. The highest BCUT2D eigenvalue weighted by Crippen LogP contribution is 2.47. The highest BCUT2D eigenvalue weighted by Gasteiger charge is 2.39. The zero-order chi connectivity index (χ0) is 24.6. The molecule has 9 heteroatoms. The number of alkyl halides is 3. The third kappa shape index (κ3) is 4.94. The van der Waals surface area contributed by atoms with Gasteiger partial charge in [0.05, 0.1) is 5.39 Å². The minimum absolute atomic E-state index is 0.215. The maximum absolute atomic E-state index is 12.6. The molecule has 3 aromatic rings. The fraction of sp³-hybridized carbons (Fsp3) is 0.462. The lowest BCUT2D eigenvalue weighted by Gasteiger charge is -2.48. The van der Waals surface area contributed by atoms with E-state index >= 15 is 0 Å². The Morgan fingerprint density at radius 1 is 1.14 bits per heavy atom. The number of piperidine rings is 1. The third-order valence-electron chi connectivity index (χ3n) is 7.84. The molecule has 35 heavy (non-hydrogen) atoms. The number of nitrogens with one attached hydrogen (secondary N) is 1. The van der Waals surface area contributed by atoms with Crippen molar-refractivity contribution < 1.29 is 17.9 Å². The highest BCUT2D eigenvalue weighted by atomic mass is 19.4. The highest BCUT2D eigenvalue weighted by molar-refractivity contribution is 5.87. The van der Waals surface area contributed by atoms with Gasteiger partial charge in [0.1, 0.15) is 23.5 Å². The minimum Gasteiger partial charge on any atom is -0.406 e. The molecule has 0 bridgehead atoms. The summed E-state index contributed by atoms with van der Waals surface area (Å²) in [6, 6.07) is 8.55. The number of ether oxygens (including phenoxy) is 1. The van der Waals surface area contributed by atoms with Crippen LogP contribution in [-0.2, 0) is 0 Å². The van der Waals surface area contributed by atoms with E-state index in [2.05, 4.69) is 43.1 Å². The normalized spacial score (nSPS) is 18.7.